The fourth-order valence-electron chi connectivity index (χ4n) is 4.49. The first-order valence-electron chi connectivity index (χ1n) is 12.5. The number of carbonyl (C=O) groups is 1. The molecule has 1 amide bonds. The topological polar surface area (TPSA) is 149 Å². The lowest BCUT2D eigenvalue weighted by Gasteiger charge is -2.21. The summed E-state index contributed by atoms with van der Waals surface area (Å²) in [5.74, 6) is -0.732. The van der Waals surface area contributed by atoms with Gasteiger partial charge in [-0.05, 0) is 55.8 Å². The van der Waals surface area contributed by atoms with E-state index in [4.69, 9.17) is 17.3 Å². The smallest absolute Gasteiger partial charge is 0.274 e. The van der Waals surface area contributed by atoms with E-state index < -0.39 is 22.0 Å². The zero-order valence-electron chi connectivity index (χ0n) is 22.0. The predicted molar refractivity (Wildman–Crippen MR) is 159 cm³/mol. The van der Waals surface area contributed by atoms with E-state index in [0.29, 0.717) is 32.7 Å². The highest BCUT2D eigenvalue weighted by Gasteiger charge is 2.22. The molecule has 0 aliphatic carbocycles. The highest BCUT2D eigenvalue weighted by atomic mass is 35.5. The lowest BCUT2D eigenvalue weighted by molar-refractivity contribution is 0.0934. The molecule has 0 saturated heterocycles. The van der Waals surface area contributed by atoms with E-state index in [1.807, 2.05) is 18.2 Å². The van der Waals surface area contributed by atoms with E-state index in [2.05, 4.69) is 20.0 Å². The molecule has 0 unspecified atom stereocenters. The molecule has 5 rings (SSSR count). The van der Waals surface area contributed by atoms with Crippen LogP contribution in [0.1, 0.15) is 29.1 Å². The van der Waals surface area contributed by atoms with Gasteiger partial charge in [0, 0.05) is 16.9 Å². The number of nitrogens with two attached hydrogens (primary N) is 1. The van der Waals surface area contributed by atoms with Gasteiger partial charge in [0.2, 0.25) is 10.0 Å². The van der Waals surface area contributed by atoms with Gasteiger partial charge < -0.3 is 11.1 Å². The number of carbonyl (C=O) groups excluding carboxylic acids is 1. The van der Waals surface area contributed by atoms with Gasteiger partial charge in [0.25, 0.3) is 11.5 Å². The van der Waals surface area contributed by atoms with Crippen LogP contribution in [-0.4, -0.2) is 35.9 Å². The van der Waals surface area contributed by atoms with Gasteiger partial charge in [-0.1, -0.05) is 54.1 Å². The summed E-state index contributed by atoms with van der Waals surface area (Å²) in [6.45, 7) is 1.74. The molecule has 2 aromatic heterocycles. The number of nitrogen functional groups attached to an aromatic ring is 1. The van der Waals surface area contributed by atoms with Gasteiger partial charge >= 0.3 is 0 Å². The average molecular weight is 589 g/mol. The Morgan fingerprint density at radius 2 is 1.76 bits per heavy atom. The monoisotopic (exact) mass is 588 g/mol. The Bertz CT molecular complexity index is 1960. The number of sulfonamides is 1. The van der Waals surface area contributed by atoms with E-state index in [-0.39, 0.29) is 27.7 Å². The van der Waals surface area contributed by atoms with Crippen molar-refractivity contribution in [3.8, 4) is 16.9 Å². The first-order chi connectivity index (χ1) is 19.6. The third-order valence-electron chi connectivity index (χ3n) is 6.55. The minimum absolute atomic E-state index is 0.0334. The van der Waals surface area contributed by atoms with Gasteiger partial charge in [0.05, 0.1) is 33.2 Å². The van der Waals surface area contributed by atoms with Gasteiger partial charge in [0.1, 0.15) is 0 Å². The van der Waals surface area contributed by atoms with Gasteiger partial charge in [-0.2, -0.15) is 0 Å². The zero-order chi connectivity index (χ0) is 29.3. The largest absolute Gasteiger partial charge is 0.382 e. The van der Waals surface area contributed by atoms with Crippen molar-refractivity contribution in [1.82, 2.24) is 24.6 Å². The van der Waals surface area contributed by atoms with Crippen LogP contribution >= 0.6 is 11.6 Å². The van der Waals surface area contributed by atoms with Gasteiger partial charge in [0.15, 0.2) is 11.5 Å². The van der Waals surface area contributed by atoms with E-state index in [9.17, 15) is 18.0 Å². The number of hydrogen-bond donors (Lipinski definition) is 3. The Morgan fingerprint density at radius 3 is 2.49 bits per heavy atom. The fourth-order valence-corrected chi connectivity index (χ4v) is 5.52. The number of amides is 1. The minimum Gasteiger partial charge on any atom is -0.382 e. The van der Waals surface area contributed by atoms with Crippen molar-refractivity contribution in [1.29, 1.82) is 0 Å². The van der Waals surface area contributed by atoms with Crippen molar-refractivity contribution in [2.24, 2.45) is 0 Å². The Balaban J connectivity index is 1.54. The summed E-state index contributed by atoms with van der Waals surface area (Å²) in [5, 5.41) is 4.19. The van der Waals surface area contributed by atoms with Crippen LogP contribution in [0.4, 0.5) is 5.82 Å². The van der Waals surface area contributed by atoms with Crippen LogP contribution in [-0.2, 0) is 10.0 Å². The molecule has 0 saturated carbocycles. The summed E-state index contributed by atoms with van der Waals surface area (Å²) in [7, 11) is -2.38. The molecule has 0 aliphatic heterocycles. The number of nitrogens with zero attached hydrogens (tertiary/aromatic N) is 3. The fraction of sp³-hybridized carbons (Fsp3) is 0.103. The van der Waals surface area contributed by atoms with Crippen molar-refractivity contribution in [3.05, 3.63) is 112 Å². The van der Waals surface area contributed by atoms with Crippen molar-refractivity contribution in [2.45, 2.75) is 17.9 Å². The van der Waals surface area contributed by atoms with Gasteiger partial charge in [-0.25, -0.2) is 23.1 Å². The molecule has 3 aromatic carbocycles. The summed E-state index contributed by atoms with van der Waals surface area (Å²) in [4.78, 5) is 35.7. The van der Waals surface area contributed by atoms with E-state index in [1.54, 1.807) is 55.5 Å². The molecule has 208 valence electrons. The molecule has 5 aromatic rings. The molecule has 4 N–H and O–H groups in total. The molecule has 0 fully saturated rings. The molecular weight excluding hydrogens is 564 g/mol. The normalized spacial score (nSPS) is 12.3. The molecule has 12 heteroatoms. The van der Waals surface area contributed by atoms with Crippen LogP contribution in [0.5, 0.6) is 0 Å². The molecular formula is C29H25ClN6O4S. The second kappa shape index (κ2) is 11.1. The Kier molecular flexibility index (Phi) is 7.59. The number of hydrogen-bond acceptors (Lipinski definition) is 7. The van der Waals surface area contributed by atoms with Crippen molar-refractivity contribution in [3.63, 3.8) is 0 Å². The standard InChI is InChI=1S/C29H25ClN6O4S/c1-17(24-15-19-9-7-13-22(30)25(19)29(38)36(24)20-10-4-3-5-11-20)34-28(37)26-27(31)33-16-23(35-26)18-8-6-12-21(14-18)41(39,40)32-2/h3-17,32H,1-2H3,(H2,31,33)(H,34,37)/t17-/m0/s1. The maximum absolute atomic E-state index is 13.7. The van der Waals surface area contributed by atoms with Crippen LogP contribution in [0.25, 0.3) is 27.7 Å². The van der Waals surface area contributed by atoms with Crippen molar-refractivity contribution in [2.75, 3.05) is 12.8 Å². The van der Waals surface area contributed by atoms with E-state index in [0.717, 1.165) is 0 Å². The molecule has 41 heavy (non-hydrogen) atoms. The average Bonchev–Trinajstić information content (AvgIpc) is 2.97. The third-order valence-corrected chi connectivity index (χ3v) is 8.28. The second-order valence-corrected chi connectivity index (χ2v) is 11.5. The predicted octanol–water partition coefficient (Wildman–Crippen LogP) is 4.08. The van der Waals surface area contributed by atoms with E-state index in [1.165, 1.54) is 29.9 Å². The van der Waals surface area contributed by atoms with Crippen LogP contribution in [0.3, 0.4) is 0 Å². The second-order valence-electron chi connectivity index (χ2n) is 9.17. The lowest BCUT2D eigenvalue weighted by atomic mass is 10.1. The number of para-hydroxylation sites is 1. The Morgan fingerprint density at radius 1 is 1.02 bits per heavy atom. The Hall–Kier alpha value is -4.58. The summed E-state index contributed by atoms with van der Waals surface area (Å²) in [5.41, 5.74) is 7.36. The highest BCUT2D eigenvalue weighted by molar-refractivity contribution is 7.89. The van der Waals surface area contributed by atoms with Crippen LogP contribution in [0.2, 0.25) is 5.02 Å². The zero-order valence-corrected chi connectivity index (χ0v) is 23.6. The SMILES string of the molecule is CNS(=O)(=O)c1cccc(-c2cnc(N)c(C(=O)N[C@@H](C)c3cc4cccc(Cl)c4c(=O)n3-c3ccccc3)n2)c1. The third kappa shape index (κ3) is 5.42. The number of rotatable bonds is 7. The number of benzene rings is 3. The minimum atomic E-state index is -3.70. The molecule has 2 heterocycles. The molecule has 1 atom stereocenters. The molecule has 10 nitrogen and oxygen atoms in total. The van der Waals surface area contributed by atoms with E-state index >= 15 is 0 Å². The number of fused-ring (bicyclic) bond motifs is 1. The lowest BCUT2D eigenvalue weighted by Crippen LogP contribution is -2.33. The molecule has 0 aliphatic rings. The maximum atomic E-state index is 13.7. The van der Waals surface area contributed by atoms with Gasteiger partial charge in [-0.3, -0.25) is 14.2 Å². The first kappa shape index (κ1) is 28.0. The molecule has 0 spiro atoms. The highest BCUT2D eigenvalue weighted by Crippen LogP contribution is 2.26. The van der Waals surface area contributed by atoms with Crippen molar-refractivity contribution >= 4 is 44.1 Å². The number of nitrogens with one attached hydrogen (secondary N) is 2. The van der Waals surface area contributed by atoms with Crippen LogP contribution in [0.15, 0.2) is 94.7 Å². The number of anilines is 1. The molecule has 0 bridgehead atoms. The van der Waals surface area contributed by atoms with Gasteiger partial charge in [-0.15, -0.1) is 0 Å². The quantitative estimate of drug-likeness (QED) is 0.259. The van der Waals surface area contributed by atoms with Crippen LogP contribution < -0.4 is 21.3 Å². The first-order valence-corrected chi connectivity index (χ1v) is 14.3. The molecule has 0 radical (unpaired) electrons. The summed E-state index contributed by atoms with van der Waals surface area (Å²) >= 11 is 6.39. The Labute approximate surface area is 240 Å². The van der Waals surface area contributed by atoms with Crippen LogP contribution in [0, 0.1) is 0 Å². The maximum Gasteiger partial charge on any atom is 0.274 e. The summed E-state index contributed by atoms with van der Waals surface area (Å²) < 4.78 is 28.3. The number of halogens is 1. The summed E-state index contributed by atoms with van der Waals surface area (Å²) in [6, 6.07) is 21.4. The number of pyridine rings is 1. The number of aromatic nitrogens is 3. The van der Waals surface area contributed by atoms with Crippen molar-refractivity contribution < 1.29 is 13.2 Å². The summed E-state index contributed by atoms with van der Waals surface area (Å²) in [6.07, 6.45) is 1.36.